The minimum absolute atomic E-state index is 0.0862. The predicted molar refractivity (Wildman–Crippen MR) is 98.6 cm³/mol. The van der Waals surface area contributed by atoms with Gasteiger partial charge in [0.25, 0.3) is 0 Å². The molecule has 1 heterocycles. The van der Waals surface area contributed by atoms with Gasteiger partial charge in [-0.25, -0.2) is 14.8 Å². The number of hydrogen-bond acceptors (Lipinski definition) is 6. The molecule has 7 nitrogen and oxygen atoms in total. The molecular formula is C18H31N5O2. The van der Waals surface area contributed by atoms with Gasteiger partial charge in [0.2, 0.25) is 5.95 Å². The average Bonchev–Trinajstić information content (AvgIpc) is 2.99. The van der Waals surface area contributed by atoms with Crippen molar-refractivity contribution >= 4 is 12.0 Å². The Bertz CT molecular complexity index is 560. The SMILES string of the molecule is CN(C)c1ncc(CNC2(CNC(=O)OC(C)(C)C)CCCC2)cn1. The van der Waals surface area contributed by atoms with E-state index in [1.807, 2.05) is 52.2 Å². The van der Waals surface area contributed by atoms with Gasteiger partial charge in [-0.05, 0) is 33.6 Å². The quantitative estimate of drug-likeness (QED) is 0.821. The van der Waals surface area contributed by atoms with Gasteiger partial charge in [-0.3, -0.25) is 0 Å². The first-order chi connectivity index (χ1) is 11.7. The summed E-state index contributed by atoms with van der Waals surface area (Å²) in [4.78, 5) is 22.5. The van der Waals surface area contributed by atoms with Crippen LogP contribution in [0, 0.1) is 0 Å². The lowest BCUT2D eigenvalue weighted by Crippen LogP contribution is -2.52. The molecule has 0 radical (unpaired) electrons. The average molecular weight is 349 g/mol. The standard InChI is InChI=1S/C18H31N5O2/c1-17(2,3)25-16(24)21-13-18(8-6-7-9-18)22-12-14-10-19-15(20-11-14)23(4)5/h10-11,22H,6-9,12-13H2,1-5H3,(H,21,24). The molecule has 0 atom stereocenters. The predicted octanol–water partition coefficient (Wildman–Crippen LogP) is 2.47. The zero-order valence-electron chi connectivity index (χ0n) is 16.1. The maximum atomic E-state index is 11.9. The first kappa shape index (κ1) is 19.4. The summed E-state index contributed by atoms with van der Waals surface area (Å²) in [6.07, 6.45) is 7.74. The fourth-order valence-corrected chi connectivity index (χ4v) is 2.98. The minimum Gasteiger partial charge on any atom is -0.444 e. The summed E-state index contributed by atoms with van der Waals surface area (Å²) in [6.45, 7) is 6.86. The lowest BCUT2D eigenvalue weighted by molar-refractivity contribution is 0.0509. The van der Waals surface area contributed by atoms with Crippen molar-refractivity contribution in [3.8, 4) is 0 Å². The monoisotopic (exact) mass is 349 g/mol. The summed E-state index contributed by atoms with van der Waals surface area (Å²) in [5.74, 6) is 0.700. The van der Waals surface area contributed by atoms with Crippen molar-refractivity contribution in [3.05, 3.63) is 18.0 Å². The highest BCUT2D eigenvalue weighted by atomic mass is 16.6. The number of amides is 1. The van der Waals surface area contributed by atoms with Crippen LogP contribution in [-0.2, 0) is 11.3 Å². The third-order valence-electron chi connectivity index (χ3n) is 4.29. The van der Waals surface area contributed by atoms with Crippen LogP contribution in [0.3, 0.4) is 0 Å². The third-order valence-corrected chi connectivity index (χ3v) is 4.29. The van der Waals surface area contributed by atoms with Crippen LogP contribution in [0.1, 0.15) is 52.0 Å². The van der Waals surface area contributed by atoms with Gasteiger partial charge >= 0.3 is 6.09 Å². The van der Waals surface area contributed by atoms with Gasteiger partial charge in [-0.15, -0.1) is 0 Å². The van der Waals surface area contributed by atoms with Gasteiger partial charge in [-0.1, -0.05) is 12.8 Å². The lowest BCUT2D eigenvalue weighted by Gasteiger charge is -2.31. The van der Waals surface area contributed by atoms with Crippen LogP contribution < -0.4 is 15.5 Å². The minimum atomic E-state index is -0.480. The Kier molecular flexibility index (Phi) is 6.21. The van der Waals surface area contributed by atoms with Gasteiger partial charge in [0, 0.05) is 50.7 Å². The normalized spacial score (nSPS) is 16.5. The largest absolute Gasteiger partial charge is 0.444 e. The zero-order valence-corrected chi connectivity index (χ0v) is 16.1. The van der Waals surface area contributed by atoms with E-state index in [1.54, 1.807) is 0 Å². The van der Waals surface area contributed by atoms with E-state index in [4.69, 9.17) is 4.74 Å². The highest BCUT2D eigenvalue weighted by Crippen LogP contribution is 2.29. The molecule has 0 bridgehead atoms. The first-order valence-electron chi connectivity index (χ1n) is 8.89. The number of ether oxygens (including phenoxy) is 1. The molecule has 0 unspecified atom stereocenters. The number of nitrogens with zero attached hydrogens (tertiary/aromatic N) is 3. The molecule has 1 aliphatic carbocycles. The molecule has 1 aromatic heterocycles. The number of carbonyl (C=O) groups excluding carboxylic acids is 1. The molecule has 1 aliphatic rings. The smallest absolute Gasteiger partial charge is 0.407 e. The number of hydrogen-bond donors (Lipinski definition) is 2. The Labute approximate surface area is 150 Å². The summed E-state index contributed by atoms with van der Waals surface area (Å²) in [7, 11) is 3.84. The number of alkyl carbamates (subject to hydrolysis) is 1. The van der Waals surface area contributed by atoms with Gasteiger partial charge < -0.3 is 20.3 Å². The van der Waals surface area contributed by atoms with Crippen LogP contribution in [0.2, 0.25) is 0 Å². The van der Waals surface area contributed by atoms with Crippen LogP contribution in [0.4, 0.5) is 10.7 Å². The van der Waals surface area contributed by atoms with E-state index >= 15 is 0 Å². The maximum absolute atomic E-state index is 11.9. The molecule has 0 saturated heterocycles. The summed E-state index contributed by atoms with van der Waals surface area (Å²) in [6, 6.07) is 0. The topological polar surface area (TPSA) is 79.4 Å². The molecule has 2 N–H and O–H groups in total. The van der Waals surface area contributed by atoms with Crippen LogP contribution in [0.25, 0.3) is 0 Å². The molecular weight excluding hydrogens is 318 g/mol. The maximum Gasteiger partial charge on any atom is 0.407 e. The molecule has 25 heavy (non-hydrogen) atoms. The fourth-order valence-electron chi connectivity index (χ4n) is 2.98. The highest BCUT2D eigenvalue weighted by Gasteiger charge is 2.34. The highest BCUT2D eigenvalue weighted by molar-refractivity contribution is 5.67. The summed E-state index contributed by atoms with van der Waals surface area (Å²) < 4.78 is 5.34. The van der Waals surface area contributed by atoms with Crippen molar-refractivity contribution < 1.29 is 9.53 Å². The third kappa shape index (κ3) is 6.16. The summed E-state index contributed by atoms with van der Waals surface area (Å²) in [5, 5.41) is 6.54. The van der Waals surface area contributed by atoms with Crippen LogP contribution in [0.5, 0.6) is 0 Å². The van der Waals surface area contributed by atoms with Crippen LogP contribution >= 0.6 is 0 Å². The van der Waals surface area contributed by atoms with Gasteiger partial charge in [-0.2, -0.15) is 0 Å². The fraction of sp³-hybridized carbons (Fsp3) is 0.722. The molecule has 1 fully saturated rings. The Morgan fingerprint density at radius 2 is 1.84 bits per heavy atom. The molecule has 0 spiro atoms. The number of nitrogens with one attached hydrogen (secondary N) is 2. The first-order valence-corrected chi connectivity index (χ1v) is 8.89. The second-order valence-corrected chi connectivity index (χ2v) is 7.98. The van der Waals surface area contributed by atoms with Gasteiger partial charge in [0.15, 0.2) is 0 Å². The van der Waals surface area contributed by atoms with E-state index < -0.39 is 5.60 Å². The van der Waals surface area contributed by atoms with Crippen molar-refractivity contribution in [2.45, 2.75) is 64.1 Å². The van der Waals surface area contributed by atoms with E-state index in [-0.39, 0.29) is 11.6 Å². The Morgan fingerprint density at radius 3 is 2.36 bits per heavy atom. The molecule has 1 saturated carbocycles. The van der Waals surface area contributed by atoms with E-state index in [0.717, 1.165) is 18.4 Å². The molecule has 0 aliphatic heterocycles. The molecule has 1 aromatic rings. The van der Waals surface area contributed by atoms with E-state index in [0.29, 0.717) is 19.0 Å². The molecule has 7 heteroatoms. The second-order valence-electron chi connectivity index (χ2n) is 7.98. The second kappa shape index (κ2) is 7.99. The number of carbonyl (C=O) groups is 1. The summed E-state index contributed by atoms with van der Waals surface area (Å²) in [5.41, 5.74) is 0.470. The summed E-state index contributed by atoms with van der Waals surface area (Å²) >= 11 is 0. The van der Waals surface area contributed by atoms with Crippen molar-refractivity contribution in [1.82, 2.24) is 20.6 Å². The van der Waals surface area contributed by atoms with Crippen LogP contribution in [0.15, 0.2) is 12.4 Å². The number of aromatic nitrogens is 2. The molecule has 140 valence electrons. The Balaban J connectivity index is 1.90. The van der Waals surface area contributed by atoms with Crippen molar-refractivity contribution in [1.29, 1.82) is 0 Å². The van der Waals surface area contributed by atoms with Crippen LogP contribution in [-0.4, -0.2) is 47.8 Å². The molecule has 0 aromatic carbocycles. The molecule has 1 amide bonds. The van der Waals surface area contributed by atoms with Gasteiger partial charge in [0.1, 0.15) is 5.60 Å². The van der Waals surface area contributed by atoms with E-state index in [2.05, 4.69) is 20.6 Å². The Hall–Kier alpha value is -1.89. The number of rotatable bonds is 6. The van der Waals surface area contributed by atoms with Crippen molar-refractivity contribution in [2.75, 3.05) is 25.5 Å². The van der Waals surface area contributed by atoms with Crippen molar-refractivity contribution in [2.24, 2.45) is 0 Å². The molecule has 2 rings (SSSR count). The van der Waals surface area contributed by atoms with E-state index in [9.17, 15) is 4.79 Å². The lowest BCUT2D eigenvalue weighted by atomic mass is 9.97. The number of anilines is 1. The van der Waals surface area contributed by atoms with Crippen molar-refractivity contribution in [3.63, 3.8) is 0 Å². The zero-order chi connectivity index (χ0) is 18.5. The Morgan fingerprint density at radius 1 is 1.24 bits per heavy atom. The van der Waals surface area contributed by atoms with Gasteiger partial charge in [0.05, 0.1) is 0 Å². The van der Waals surface area contributed by atoms with E-state index in [1.165, 1.54) is 12.8 Å².